The summed E-state index contributed by atoms with van der Waals surface area (Å²) in [7, 11) is 3.05. The van der Waals surface area contributed by atoms with E-state index in [1.807, 2.05) is 18.2 Å². The smallest absolute Gasteiger partial charge is 0.255 e. The normalized spacial score (nSPS) is 10.1. The van der Waals surface area contributed by atoms with Gasteiger partial charge in [0.25, 0.3) is 11.8 Å². The number of carbonyl (C=O) groups excluding carboxylic acids is 2. The van der Waals surface area contributed by atoms with E-state index in [2.05, 4.69) is 15.6 Å². The monoisotopic (exact) mass is 391 g/mol. The van der Waals surface area contributed by atoms with Gasteiger partial charge in [0.2, 0.25) is 0 Å². The molecule has 1 aromatic heterocycles. The highest BCUT2D eigenvalue weighted by Gasteiger charge is 2.13. The number of benzene rings is 2. The standard InChI is InChI=1S/C22H21N3O4/c1-28-18-10-17(11-19(12-18)29-2)22(27)25-20-8-4-3-6-15(20)14-24-21(26)16-7-5-9-23-13-16/h3-13H,14H2,1-2H3,(H,24,26)(H,25,27). The Morgan fingerprint density at radius 2 is 1.62 bits per heavy atom. The van der Waals surface area contributed by atoms with Gasteiger partial charge in [-0.15, -0.1) is 0 Å². The molecule has 1 heterocycles. The van der Waals surface area contributed by atoms with Crippen LogP contribution in [0.3, 0.4) is 0 Å². The summed E-state index contributed by atoms with van der Waals surface area (Å²) in [5, 5.41) is 5.71. The fourth-order valence-corrected chi connectivity index (χ4v) is 2.70. The second-order valence-electron chi connectivity index (χ2n) is 6.14. The maximum absolute atomic E-state index is 12.7. The van der Waals surface area contributed by atoms with Gasteiger partial charge in [-0.05, 0) is 35.9 Å². The van der Waals surface area contributed by atoms with Gasteiger partial charge in [-0.2, -0.15) is 0 Å². The van der Waals surface area contributed by atoms with Crippen molar-refractivity contribution in [2.75, 3.05) is 19.5 Å². The highest BCUT2D eigenvalue weighted by Crippen LogP contribution is 2.24. The molecule has 2 amide bonds. The minimum absolute atomic E-state index is 0.239. The van der Waals surface area contributed by atoms with Crippen molar-refractivity contribution in [2.45, 2.75) is 6.54 Å². The van der Waals surface area contributed by atoms with Crippen LogP contribution in [0.1, 0.15) is 26.3 Å². The summed E-state index contributed by atoms with van der Waals surface area (Å²) in [5.74, 6) is 0.489. The summed E-state index contributed by atoms with van der Waals surface area (Å²) in [6.07, 6.45) is 3.11. The Bertz CT molecular complexity index is 984. The Balaban J connectivity index is 1.74. The minimum atomic E-state index is -0.312. The van der Waals surface area contributed by atoms with Crippen molar-refractivity contribution in [2.24, 2.45) is 0 Å². The lowest BCUT2D eigenvalue weighted by atomic mass is 10.1. The number of para-hydroxylation sites is 1. The molecule has 0 unspecified atom stereocenters. The molecule has 0 atom stereocenters. The van der Waals surface area contributed by atoms with E-state index in [0.29, 0.717) is 28.3 Å². The Morgan fingerprint density at radius 1 is 0.897 bits per heavy atom. The second-order valence-corrected chi connectivity index (χ2v) is 6.14. The van der Waals surface area contributed by atoms with Crippen molar-refractivity contribution in [1.29, 1.82) is 0 Å². The van der Waals surface area contributed by atoms with E-state index in [9.17, 15) is 9.59 Å². The molecule has 2 N–H and O–H groups in total. The van der Waals surface area contributed by atoms with Gasteiger partial charge in [-0.25, -0.2) is 0 Å². The van der Waals surface area contributed by atoms with Crippen LogP contribution in [-0.2, 0) is 6.54 Å². The Kier molecular flexibility index (Phi) is 6.42. The summed E-state index contributed by atoms with van der Waals surface area (Å²) in [6, 6.07) is 15.6. The van der Waals surface area contributed by atoms with Gasteiger partial charge >= 0.3 is 0 Å². The van der Waals surface area contributed by atoms with Gasteiger partial charge in [-0.3, -0.25) is 14.6 Å². The molecular weight excluding hydrogens is 370 g/mol. The molecule has 0 saturated heterocycles. The van der Waals surface area contributed by atoms with E-state index in [1.165, 1.54) is 20.4 Å². The first-order valence-corrected chi connectivity index (χ1v) is 8.91. The predicted octanol–water partition coefficient (Wildman–Crippen LogP) is 3.28. The molecule has 3 aromatic rings. The first-order chi connectivity index (χ1) is 14.1. The summed E-state index contributed by atoms with van der Waals surface area (Å²) in [6.45, 7) is 0.256. The lowest BCUT2D eigenvalue weighted by molar-refractivity contribution is 0.0950. The van der Waals surface area contributed by atoms with Gasteiger partial charge in [0.1, 0.15) is 11.5 Å². The number of carbonyl (C=O) groups is 2. The molecule has 2 aromatic carbocycles. The SMILES string of the molecule is COc1cc(OC)cc(C(=O)Nc2ccccc2CNC(=O)c2cccnc2)c1. The maximum atomic E-state index is 12.7. The molecule has 0 saturated carbocycles. The number of pyridine rings is 1. The maximum Gasteiger partial charge on any atom is 0.255 e. The van der Waals surface area contributed by atoms with Crippen molar-refractivity contribution in [3.05, 3.63) is 83.7 Å². The van der Waals surface area contributed by atoms with Gasteiger partial charge in [0, 0.05) is 36.3 Å². The highest BCUT2D eigenvalue weighted by molar-refractivity contribution is 6.05. The number of hydrogen-bond acceptors (Lipinski definition) is 5. The summed E-state index contributed by atoms with van der Waals surface area (Å²) >= 11 is 0. The van der Waals surface area contributed by atoms with Crippen LogP contribution in [0.5, 0.6) is 11.5 Å². The molecule has 3 rings (SSSR count). The fraction of sp³-hybridized carbons (Fsp3) is 0.136. The first-order valence-electron chi connectivity index (χ1n) is 8.91. The molecule has 7 heteroatoms. The average molecular weight is 391 g/mol. The van der Waals surface area contributed by atoms with E-state index in [0.717, 1.165) is 5.56 Å². The number of amides is 2. The Labute approximate surface area is 168 Å². The molecule has 0 radical (unpaired) electrons. The van der Waals surface area contributed by atoms with E-state index >= 15 is 0 Å². The topological polar surface area (TPSA) is 89.5 Å². The van der Waals surface area contributed by atoms with Crippen LogP contribution in [0.15, 0.2) is 67.0 Å². The first kappa shape index (κ1) is 19.9. The van der Waals surface area contributed by atoms with Gasteiger partial charge in [0.05, 0.1) is 19.8 Å². The zero-order valence-electron chi connectivity index (χ0n) is 16.1. The number of ether oxygens (including phenoxy) is 2. The molecular formula is C22H21N3O4. The van der Waals surface area contributed by atoms with Crippen molar-refractivity contribution < 1.29 is 19.1 Å². The number of methoxy groups -OCH3 is 2. The number of nitrogens with one attached hydrogen (secondary N) is 2. The van der Waals surface area contributed by atoms with Crippen molar-refractivity contribution in [1.82, 2.24) is 10.3 Å². The largest absolute Gasteiger partial charge is 0.497 e. The third-order valence-electron chi connectivity index (χ3n) is 4.24. The number of nitrogens with zero attached hydrogens (tertiary/aromatic N) is 1. The molecule has 0 aliphatic carbocycles. The fourth-order valence-electron chi connectivity index (χ4n) is 2.70. The molecule has 0 aliphatic rings. The van der Waals surface area contributed by atoms with Gasteiger partial charge in [0.15, 0.2) is 0 Å². The lowest BCUT2D eigenvalue weighted by Gasteiger charge is -2.13. The third kappa shape index (κ3) is 5.10. The minimum Gasteiger partial charge on any atom is -0.497 e. The molecule has 148 valence electrons. The predicted molar refractivity (Wildman–Crippen MR) is 109 cm³/mol. The van der Waals surface area contributed by atoms with Crippen molar-refractivity contribution >= 4 is 17.5 Å². The Hall–Kier alpha value is -3.87. The number of aromatic nitrogens is 1. The van der Waals surface area contributed by atoms with E-state index in [4.69, 9.17) is 9.47 Å². The molecule has 7 nitrogen and oxygen atoms in total. The second kappa shape index (κ2) is 9.36. The zero-order valence-corrected chi connectivity index (χ0v) is 16.1. The highest BCUT2D eigenvalue weighted by atomic mass is 16.5. The summed E-state index contributed by atoms with van der Waals surface area (Å²) in [4.78, 5) is 28.9. The van der Waals surface area contributed by atoms with E-state index < -0.39 is 0 Å². The van der Waals surface area contributed by atoms with Crippen LogP contribution < -0.4 is 20.1 Å². The van der Waals surface area contributed by atoms with Crippen LogP contribution >= 0.6 is 0 Å². The van der Waals surface area contributed by atoms with Crippen LogP contribution in [0.4, 0.5) is 5.69 Å². The Morgan fingerprint density at radius 3 is 2.28 bits per heavy atom. The van der Waals surface area contributed by atoms with Gasteiger partial charge in [-0.1, -0.05) is 18.2 Å². The average Bonchev–Trinajstić information content (AvgIpc) is 2.78. The lowest BCUT2D eigenvalue weighted by Crippen LogP contribution is -2.24. The molecule has 29 heavy (non-hydrogen) atoms. The van der Waals surface area contributed by atoms with Crippen LogP contribution in [0, 0.1) is 0 Å². The van der Waals surface area contributed by atoms with Crippen LogP contribution in [0.2, 0.25) is 0 Å². The summed E-state index contributed by atoms with van der Waals surface area (Å²) < 4.78 is 10.4. The van der Waals surface area contributed by atoms with E-state index in [1.54, 1.807) is 42.6 Å². The summed E-state index contributed by atoms with van der Waals surface area (Å²) in [5.41, 5.74) is 2.24. The number of rotatable bonds is 7. The number of hydrogen-bond donors (Lipinski definition) is 2. The zero-order chi connectivity index (χ0) is 20.6. The van der Waals surface area contributed by atoms with Crippen molar-refractivity contribution in [3.8, 4) is 11.5 Å². The molecule has 0 aliphatic heterocycles. The molecule has 0 fully saturated rings. The quantitative estimate of drug-likeness (QED) is 0.645. The van der Waals surface area contributed by atoms with Crippen molar-refractivity contribution in [3.63, 3.8) is 0 Å². The third-order valence-corrected chi connectivity index (χ3v) is 4.24. The van der Waals surface area contributed by atoms with E-state index in [-0.39, 0.29) is 18.4 Å². The van der Waals surface area contributed by atoms with Crippen LogP contribution in [0.25, 0.3) is 0 Å². The van der Waals surface area contributed by atoms with Crippen LogP contribution in [-0.4, -0.2) is 31.0 Å². The molecule has 0 bridgehead atoms. The molecule has 0 spiro atoms. The number of anilines is 1. The van der Waals surface area contributed by atoms with Gasteiger partial charge < -0.3 is 20.1 Å².